The fourth-order valence-electron chi connectivity index (χ4n) is 2.38. The molecule has 1 heterocycles. The lowest BCUT2D eigenvalue weighted by molar-refractivity contribution is 0.252. The van der Waals surface area contributed by atoms with Gasteiger partial charge in [-0.15, -0.1) is 0 Å². The summed E-state index contributed by atoms with van der Waals surface area (Å²) in [6.07, 6.45) is 1.40. The number of anilines is 1. The number of urea groups is 1. The molecule has 2 aromatic carbocycles. The van der Waals surface area contributed by atoms with E-state index in [0.717, 1.165) is 5.56 Å². The molecule has 0 radical (unpaired) electrons. The van der Waals surface area contributed by atoms with Crippen LogP contribution in [0.25, 0.3) is 11.3 Å². The average Bonchev–Trinajstić information content (AvgIpc) is 3.12. The molecule has 3 aromatic rings. The molecule has 0 fully saturated rings. The van der Waals surface area contributed by atoms with Crippen molar-refractivity contribution in [1.82, 2.24) is 5.43 Å². The van der Waals surface area contributed by atoms with Gasteiger partial charge in [0.1, 0.15) is 11.5 Å². The molecular formula is C20H16N4O2. The predicted molar refractivity (Wildman–Crippen MR) is 99.8 cm³/mol. The van der Waals surface area contributed by atoms with Crippen LogP contribution in [0.4, 0.5) is 10.5 Å². The largest absolute Gasteiger partial charge is 0.455 e. The highest BCUT2D eigenvalue weighted by molar-refractivity contribution is 5.90. The van der Waals surface area contributed by atoms with Crippen molar-refractivity contribution in [2.45, 2.75) is 6.92 Å². The van der Waals surface area contributed by atoms with Gasteiger partial charge in [0, 0.05) is 11.3 Å². The van der Waals surface area contributed by atoms with Crippen LogP contribution in [-0.4, -0.2) is 12.2 Å². The standard InChI is InChI=1S/C20H16N4O2/c1-14-6-2-5-9-18(14)23-20(25)24-22-13-16-10-11-19(26-16)17-8-4-3-7-15(17)12-21/h2-11,13H,1H3,(H2,23,24,25). The zero-order valence-corrected chi connectivity index (χ0v) is 14.1. The smallest absolute Gasteiger partial charge is 0.339 e. The summed E-state index contributed by atoms with van der Waals surface area (Å²) in [5.41, 5.74) is 5.30. The number of hydrogen-bond donors (Lipinski definition) is 2. The molecule has 6 nitrogen and oxygen atoms in total. The molecule has 2 amide bonds. The van der Waals surface area contributed by atoms with E-state index in [4.69, 9.17) is 9.68 Å². The zero-order chi connectivity index (χ0) is 18.4. The maximum absolute atomic E-state index is 11.9. The van der Waals surface area contributed by atoms with E-state index < -0.39 is 6.03 Å². The van der Waals surface area contributed by atoms with Gasteiger partial charge in [0.2, 0.25) is 0 Å². The Morgan fingerprint density at radius 1 is 1.12 bits per heavy atom. The highest BCUT2D eigenvalue weighted by atomic mass is 16.3. The van der Waals surface area contributed by atoms with E-state index in [1.807, 2.05) is 43.3 Å². The summed E-state index contributed by atoms with van der Waals surface area (Å²) in [6, 6.07) is 19.8. The third-order valence-electron chi connectivity index (χ3n) is 3.69. The third kappa shape index (κ3) is 3.97. The molecule has 3 rings (SSSR count). The van der Waals surface area contributed by atoms with Gasteiger partial charge in [0.05, 0.1) is 17.8 Å². The van der Waals surface area contributed by atoms with Gasteiger partial charge in [-0.1, -0.05) is 30.3 Å². The van der Waals surface area contributed by atoms with E-state index in [1.165, 1.54) is 6.21 Å². The molecular weight excluding hydrogens is 328 g/mol. The third-order valence-corrected chi connectivity index (χ3v) is 3.69. The second-order valence-electron chi connectivity index (χ2n) is 5.50. The summed E-state index contributed by atoms with van der Waals surface area (Å²) in [4.78, 5) is 11.9. The average molecular weight is 344 g/mol. The molecule has 0 aliphatic rings. The number of furan rings is 1. The van der Waals surface area contributed by atoms with Gasteiger partial charge in [-0.2, -0.15) is 10.4 Å². The van der Waals surface area contributed by atoms with Gasteiger partial charge < -0.3 is 9.73 Å². The fourth-order valence-corrected chi connectivity index (χ4v) is 2.38. The lowest BCUT2D eigenvalue weighted by Gasteiger charge is -2.06. The van der Waals surface area contributed by atoms with Crippen LogP contribution >= 0.6 is 0 Å². The summed E-state index contributed by atoms with van der Waals surface area (Å²) < 4.78 is 5.66. The molecule has 0 atom stereocenters. The van der Waals surface area contributed by atoms with E-state index >= 15 is 0 Å². The van der Waals surface area contributed by atoms with Crippen molar-refractivity contribution >= 4 is 17.9 Å². The fraction of sp³-hybridized carbons (Fsp3) is 0.0500. The van der Waals surface area contributed by atoms with Crippen LogP contribution in [-0.2, 0) is 0 Å². The number of nitrogens with one attached hydrogen (secondary N) is 2. The Kier molecular flexibility index (Phi) is 5.11. The van der Waals surface area contributed by atoms with Crippen molar-refractivity contribution in [3.8, 4) is 17.4 Å². The molecule has 0 saturated heterocycles. The number of hydrogen-bond acceptors (Lipinski definition) is 4. The molecule has 1 aromatic heterocycles. The topological polar surface area (TPSA) is 90.4 Å². The van der Waals surface area contributed by atoms with Crippen LogP contribution in [0, 0.1) is 18.3 Å². The summed E-state index contributed by atoms with van der Waals surface area (Å²) >= 11 is 0. The van der Waals surface area contributed by atoms with Gasteiger partial charge in [-0.25, -0.2) is 10.2 Å². The summed E-state index contributed by atoms with van der Waals surface area (Å²) in [5.74, 6) is 1.02. The van der Waals surface area contributed by atoms with Gasteiger partial charge in [-0.3, -0.25) is 0 Å². The van der Waals surface area contributed by atoms with Crippen molar-refractivity contribution in [2.24, 2.45) is 5.10 Å². The zero-order valence-electron chi connectivity index (χ0n) is 14.1. The Morgan fingerprint density at radius 3 is 2.69 bits per heavy atom. The number of amides is 2. The van der Waals surface area contributed by atoms with Crippen LogP contribution in [0.2, 0.25) is 0 Å². The van der Waals surface area contributed by atoms with Crippen LogP contribution in [0.1, 0.15) is 16.9 Å². The molecule has 2 N–H and O–H groups in total. The first-order chi connectivity index (χ1) is 12.7. The molecule has 0 unspecified atom stereocenters. The molecule has 26 heavy (non-hydrogen) atoms. The first-order valence-electron chi connectivity index (χ1n) is 7.92. The maximum Gasteiger partial charge on any atom is 0.339 e. The Hall–Kier alpha value is -3.85. The van der Waals surface area contributed by atoms with Gasteiger partial charge >= 0.3 is 6.03 Å². The lowest BCUT2D eigenvalue weighted by Crippen LogP contribution is -2.24. The van der Waals surface area contributed by atoms with E-state index in [9.17, 15) is 4.79 Å². The van der Waals surface area contributed by atoms with E-state index in [0.29, 0.717) is 28.3 Å². The van der Waals surface area contributed by atoms with Crippen LogP contribution in [0.5, 0.6) is 0 Å². The second-order valence-corrected chi connectivity index (χ2v) is 5.50. The number of nitrogens with zero attached hydrogens (tertiary/aromatic N) is 2. The molecule has 6 heteroatoms. The van der Waals surface area contributed by atoms with Crippen molar-refractivity contribution in [2.75, 3.05) is 5.32 Å². The predicted octanol–water partition coefficient (Wildman–Crippen LogP) is 4.28. The number of benzene rings is 2. The van der Waals surface area contributed by atoms with Crippen LogP contribution in [0.3, 0.4) is 0 Å². The minimum Gasteiger partial charge on any atom is -0.455 e. The molecule has 0 aliphatic carbocycles. The van der Waals surface area contributed by atoms with Crippen LogP contribution < -0.4 is 10.7 Å². The maximum atomic E-state index is 11.9. The molecule has 0 aliphatic heterocycles. The van der Waals surface area contributed by atoms with Crippen molar-refractivity contribution in [3.63, 3.8) is 0 Å². The molecule has 0 bridgehead atoms. The van der Waals surface area contributed by atoms with Crippen molar-refractivity contribution in [1.29, 1.82) is 5.26 Å². The number of para-hydroxylation sites is 1. The van der Waals surface area contributed by atoms with Gasteiger partial charge in [-0.05, 0) is 42.8 Å². The summed E-state index contributed by atoms with van der Waals surface area (Å²) in [5, 5.41) is 15.7. The number of carbonyl (C=O) groups excluding carboxylic acids is 1. The van der Waals surface area contributed by atoms with E-state index in [2.05, 4.69) is 21.9 Å². The highest BCUT2D eigenvalue weighted by Gasteiger charge is 2.08. The van der Waals surface area contributed by atoms with E-state index in [1.54, 1.807) is 24.3 Å². The Morgan fingerprint density at radius 2 is 1.88 bits per heavy atom. The van der Waals surface area contributed by atoms with E-state index in [-0.39, 0.29) is 0 Å². The van der Waals surface area contributed by atoms with Gasteiger partial charge in [0.15, 0.2) is 0 Å². The Labute approximate surface area is 150 Å². The molecule has 0 saturated carbocycles. The number of rotatable bonds is 4. The quantitative estimate of drug-likeness (QED) is 0.546. The summed E-state index contributed by atoms with van der Waals surface area (Å²) in [7, 11) is 0. The second kappa shape index (κ2) is 7.81. The molecule has 0 spiro atoms. The van der Waals surface area contributed by atoms with Gasteiger partial charge in [0.25, 0.3) is 0 Å². The summed E-state index contributed by atoms with van der Waals surface area (Å²) in [6.45, 7) is 1.91. The molecule has 128 valence electrons. The van der Waals surface area contributed by atoms with Crippen molar-refractivity contribution in [3.05, 3.63) is 77.6 Å². The van der Waals surface area contributed by atoms with Crippen LogP contribution in [0.15, 0.2) is 70.2 Å². The highest BCUT2D eigenvalue weighted by Crippen LogP contribution is 2.24. The number of aryl methyl sites for hydroxylation is 1. The minimum absolute atomic E-state index is 0.447. The Balaban J connectivity index is 1.63. The first-order valence-corrected chi connectivity index (χ1v) is 7.92. The SMILES string of the molecule is Cc1ccccc1NC(=O)NN=Cc1ccc(-c2ccccc2C#N)o1. The number of nitriles is 1. The first kappa shape index (κ1) is 17.0. The lowest BCUT2D eigenvalue weighted by atomic mass is 10.1. The minimum atomic E-state index is -0.447. The van der Waals surface area contributed by atoms with Crippen molar-refractivity contribution < 1.29 is 9.21 Å². The number of carbonyl (C=O) groups is 1. The Bertz CT molecular complexity index is 999. The monoisotopic (exact) mass is 344 g/mol. The number of hydrazone groups is 1. The normalized spacial score (nSPS) is 10.5.